The molecule has 0 aliphatic carbocycles. The second-order valence-electron chi connectivity index (χ2n) is 3.40. The molecule has 0 aromatic carbocycles. The fraction of sp³-hybridized carbons (Fsp3) is 0.0909. The van der Waals surface area contributed by atoms with Crippen molar-refractivity contribution in [2.45, 2.75) is 6.18 Å². The van der Waals surface area contributed by atoms with Crippen LogP contribution in [0.25, 0.3) is 17.3 Å². The first-order valence-corrected chi connectivity index (χ1v) is 5.38. The van der Waals surface area contributed by atoms with E-state index >= 15 is 0 Å². The van der Waals surface area contributed by atoms with Gasteiger partial charge in [0.1, 0.15) is 5.69 Å². The Kier molecular flexibility index (Phi) is 3.75. The molecule has 98 valence electrons. The van der Waals surface area contributed by atoms with E-state index in [1.807, 2.05) is 0 Å². The summed E-state index contributed by atoms with van der Waals surface area (Å²) in [4.78, 5) is 15.4. The van der Waals surface area contributed by atoms with E-state index in [0.29, 0.717) is 11.3 Å². The van der Waals surface area contributed by atoms with Crippen molar-refractivity contribution in [3.05, 3.63) is 41.8 Å². The number of hydrogen-bond donors (Lipinski definition) is 0. The van der Waals surface area contributed by atoms with Crippen LogP contribution in [0.2, 0.25) is 5.15 Å². The first kappa shape index (κ1) is 13.4. The maximum Gasteiger partial charge on any atom is 0.409 e. The third kappa shape index (κ3) is 3.72. The number of rotatable bonds is 2. The maximum atomic E-state index is 12.0. The van der Waals surface area contributed by atoms with Crippen LogP contribution in [0.1, 0.15) is 5.82 Å². The molecule has 0 aliphatic heterocycles. The number of aromatic nitrogens is 4. The number of hydrogen-bond acceptors (Lipinski definition) is 4. The average molecular weight is 287 g/mol. The monoisotopic (exact) mass is 286 g/mol. The second kappa shape index (κ2) is 5.31. The molecular weight excluding hydrogens is 281 g/mol. The first-order valence-electron chi connectivity index (χ1n) is 5.00. The molecule has 0 bridgehead atoms. The van der Waals surface area contributed by atoms with E-state index in [4.69, 9.17) is 11.6 Å². The third-order valence-electron chi connectivity index (χ3n) is 2.02. The third-order valence-corrected chi connectivity index (χ3v) is 2.30. The molecule has 2 aromatic heterocycles. The van der Waals surface area contributed by atoms with Gasteiger partial charge in [-0.2, -0.15) is 13.2 Å². The Labute approximate surface area is 111 Å². The van der Waals surface area contributed by atoms with Crippen LogP contribution in [0.15, 0.2) is 30.9 Å². The molecule has 8 heteroatoms. The molecule has 0 fully saturated rings. The Morgan fingerprint density at radius 2 is 1.63 bits per heavy atom. The SMILES string of the molecule is FC(F)(F)/C=C/c1ncc(-c2nccnc2Cl)cn1. The molecule has 0 atom stereocenters. The lowest BCUT2D eigenvalue weighted by atomic mass is 10.2. The summed E-state index contributed by atoms with van der Waals surface area (Å²) in [5.41, 5.74) is 0.845. The number of alkyl halides is 3. The van der Waals surface area contributed by atoms with Gasteiger partial charge in [0.25, 0.3) is 0 Å². The summed E-state index contributed by atoms with van der Waals surface area (Å²) in [5.74, 6) is -0.0545. The lowest BCUT2D eigenvalue weighted by molar-refractivity contribution is -0.0790. The summed E-state index contributed by atoms with van der Waals surface area (Å²) in [6, 6.07) is 0. The van der Waals surface area contributed by atoms with E-state index in [0.717, 1.165) is 6.08 Å². The summed E-state index contributed by atoms with van der Waals surface area (Å²) >= 11 is 5.83. The standard InChI is InChI=1S/C11H6ClF3N4/c12-10-9(16-3-4-17-10)7-5-18-8(19-6-7)1-2-11(13,14)15/h1-6H/b2-1+. The van der Waals surface area contributed by atoms with Gasteiger partial charge in [0.2, 0.25) is 0 Å². The van der Waals surface area contributed by atoms with Gasteiger partial charge in [0.15, 0.2) is 11.0 Å². The summed E-state index contributed by atoms with van der Waals surface area (Å²) in [5, 5.41) is 0.171. The van der Waals surface area contributed by atoms with Crippen molar-refractivity contribution in [2.24, 2.45) is 0 Å². The van der Waals surface area contributed by atoms with Crippen LogP contribution in [0.4, 0.5) is 13.2 Å². The topological polar surface area (TPSA) is 51.6 Å². The molecule has 0 N–H and O–H groups in total. The van der Waals surface area contributed by atoms with E-state index in [1.165, 1.54) is 24.8 Å². The van der Waals surface area contributed by atoms with Crippen LogP contribution in [0, 0.1) is 0 Å². The first-order chi connectivity index (χ1) is 8.96. The minimum atomic E-state index is -4.39. The zero-order valence-corrected chi connectivity index (χ0v) is 10.0. The quantitative estimate of drug-likeness (QED) is 0.851. The van der Waals surface area contributed by atoms with E-state index in [9.17, 15) is 13.2 Å². The number of nitrogens with zero attached hydrogens (tertiary/aromatic N) is 4. The summed E-state index contributed by atoms with van der Waals surface area (Å²) in [6.07, 6.45) is 1.99. The molecule has 0 radical (unpaired) electrons. The molecule has 0 aliphatic rings. The highest BCUT2D eigenvalue weighted by Gasteiger charge is 2.22. The predicted octanol–water partition coefficient (Wildman–Crippen LogP) is 3.16. The minimum Gasteiger partial charge on any atom is -0.251 e. The van der Waals surface area contributed by atoms with Crippen LogP contribution in [0.5, 0.6) is 0 Å². The number of halogens is 4. The van der Waals surface area contributed by atoms with Crippen molar-refractivity contribution in [3.63, 3.8) is 0 Å². The van der Waals surface area contributed by atoms with Gasteiger partial charge in [-0.05, 0) is 6.08 Å². The van der Waals surface area contributed by atoms with E-state index in [2.05, 4.69) is 19.9 Å². The van der Waals surface area contributed by atoms with Crippen molar-refractivity contribution >= 4 is 17.7 Å². The molecule has 2 aromatic rings. The predicted molar refractivity (Wildman–Crippen MR) is 63.2 cm³/mol. The Bertz CT molecular complexity index is 596. The Morgan fingerprint density at radius 1 is 1.00 bits per heavy atom. The van der Waals surface area contributed by atoms with Crippen molar-refractivity contribution in [3.8, 4) is 11.3 Å². The maximum absolute atomic E-state index is 12.0. The Balaban J connectivity index is 2.25. The van der Waals surface area contributed by atoms with Gasteiger partial charge >= 0.3 is 6.18 Å². The number of allylic oxidation sites excluding steroid dienone is 1. The van der Waals surface area contributed by atoms with Gasteiger partial charge in [-0.25, -0.2) is 15.0 Å². The van der Waals surface area contributed by atoms with Crippen LogP contribution >= 0.6 is 11.6 Å². The van der Waals surface area contributed by atoms with Crippen molar-refractivity contribution in [1.29, 1.82) is 0 Å². The normalized spacial score (nSPS) is 12.0. The van der Waals surface area contributed by atoms with Gasteiger partial charge in [-0.3, -0.25) is 4.98 Å². The summed E-state index contributed by atoms with van der Waals surface area (Å²) in [7, 11) is 0. The van der Waals surface area contributed by atoms with Crippen molar-refractivity contribution < 1.29 is 13.2 Å². The van der Waals surface area contributed by atoms with Crippen molar-refractivity contribution in [2.75, 3.05) is 0 Å². The van der Waals surface area contributed by atoms with Crippen LogP contribution < -0.4 is 0 Å². The zero-order valence-electron chi connectivity index (χ0n) is 9.26. The molecule has 2 rings (SSSR count). The summed E-state index contributed by atoms with van der Waals surface area (Å²) < 4.78 is 35.9. The second-order valence-corrected chi connectivity index (χ2v) is 3.76. The molecular formula is C11H6ClF3N4. The molecule has 4 nitrogen and oxygen atoms in total. The molecule has 0 saturated carbocycles. The van der Waals surface area contributed by atoms with Gasteiger partial charge in [0, 0.05) is 36.4 Å². The highest BCUT2D eigenvalue weighted by Crippen LogP contribution is 2.22. The Morgan fingerprint density at radius 3 is 2.21 bits per heavy atom. The Hall–Kier alpha value is -2.02. The largest absolute Gasteiger partial charge is 0.409 e. The van der Waals surface area contributed by atoms with Crippen LogP contribution in [0.3, 0.4) is 0 Å². The molecule has 0 amide bonds. The average Bonchev–Trinajstić information content (AvgIpc) is 2.37. The van der Waals surface area contributed by atoms with Crippen LogP contribution in [-0.2, 0) is 0 Å². The fourth-order valence-corrected chi connectivity index (χ4v) is 1.44. The smallest absolute Gasteiger partial charge is 0.251 e. The van der Waals surface area contributed by atoms with E-state index in [1.54, 1.807) is 0 Å². The van der Waals surface area contributed by atoms with Crippen LogP contribution in [-0.4, -0.2) is 26.1 Å². The van der Waals surface area contributed by atoms with E-state index in [-0.39, 0.29) is 17.1 Å². The summed E-state index contributed by atoms with van der Waals surface area (Å²) in [6.45, 7) is 0. The molecule has 0 unspecified atom stereocenters. The van der Waals surface area contributed by atoms with Gasteiger partial charge < -0.3 is 0 Å². The lowest BCUT2D eigenvalue weighted by Crippen LogP contribution is -2.01. The molecule has 2 heterocycles. The molecule has 19 heavy (non-hydrogen) atoms. The van der Waals surface area contributed by atoms with E-state index < -0.39 is 6.18 Å². The highest BCUT2D eigenvalue weighted by molar-refractivity contribution is 6.31. The van der Waals surface area contributed by atoms with Gasteiger partial charge in [-0.1, -0.05) is 11.6 Å². The molecule has 0 spiro atoms. The van der Waals surface area contributed by atoms with Crippen molar-refractivity contribution in [1.82, 2.24) is 19.9 Å². The molecule has 0 saturated heterocycles. The minimum absolute atomic E-state index is 0.0545. The lowest BCUT2D eigenvalue weighted by Gasteiger charge is -2.01. The van der Waals surface area contributed by atoms with Gasteiger partial charge in [-0.15, -0.1) is 0 Å². The van der Waals surface area contributed by atoms with Gasteiger partial charge in [0.05, 0.1) is 0 Å². The highest BCUT2D eigenvalue weighted by atomic mass is 35.5. The fourth-order valence-electron chi connectivity index (χ4n) is 1.23. The zero-order chi connectivity index (χ0) is 13.9.